The van der Waals surface area contributed by atoms with Gasteiger partial charge in [-0.15, -0.1) is 0 Å². The van der Waals surface area contributed by atoms with Gasteiger partial charge in [-0.3, -0.25) is 0 Å². The first-order valence-electron chi connectivity index (χ1n) is 7.39. The molecule has 0 saturated carbocycles. The highest BCUT2D eigenvalue weighted by molar-refractivity contribution is 5.81. The Hall–Kier alpha value is -1.28. The Balaban J connectivity index is 2.17. The van der Waals surface area contributed by atoms with E-state index >= 15 is 0 Å². The molecule has 1 saturated heterocycles. The third kappa shape index (κ3) is 2.30. The quantitative estimate of drug-likeness (QED) is 0.819. The maximum Gasteiger partial charge on any atom is 0.0487 e. The van der Waals surface area contributed by atoms with E-state index in [0.29, 0.717) is 5.92 Å². The SMILES string of the molecule is CC(C)(C)n1c(C2CCNCC2)cc2ccccc21. The van der Waals surface area contributed by atoms with Gasteiger partial charge in [0.2, 0.25) is 0 Å². The van der Waals surface area contributed by atoms with Crippen LogP contribution < -0.4 is 5.32 Å². The lowest BCUT2D eigenvalue weighted by Gasteiger charge is -2.31. The maximum absolute atomic E-state index is 3.47. The Labute approximate surface area is 115 Å². The highest BCUT2D eigenvalue weighted by Crippen LogP contribution is 2.35. The molecule has 1 fully saturated rings. The first kappa shape index (κ1) is 12.7. The molecule has 1 aliphatic rings. The number of hydrogen-bond acceptors (Lipinski definition) is 1. The lowest BCUT2D eigenvalue weighted by atomic mass is 9.93. The van der Waals surface area contributed by atoms with Crippen LogP contribution in [-0.4, -0.2) is 17.7 Å². The van der Waals surface area contributed by atoms with Gasteiger partial charge in [-0.05, 0) is 64.2 Å². The van der Waals surface area contributed by atoms with Crippen LogP contribution >= 0.6 is 0 Å². The molecule has 0 spiro atoms. The van der Waals surface area contributed by atoms with E-state index in [1.54, 1.807) is 0 Å². The zero-order valence-electron chi connectivity index (χ0n) is 12.2. The van der Waals surface area contributed by atoms with Crippen molar-refractivity contribution < 1.29 is 0 Å². The number of piperidine rings is 1. The normalized spacial score (nSPS) is 18.1. The first-order chi connectivity index (χ1) is 9.07. The molecule has 0 radical (unpaired) electrons. The second-order valence-electron chi connectivity index (χ2n) is 6.66. The van der Waals surface area contributed by atoms with Gasteiger partial charge in [0.25, 0.3) is 0 Å². The molecule has 0 atom stereocenters. The van der Waals surface area contributed by atoms with E-state index in [4.69, 9.17) is 0 Å². The van der Waals surface area contributed by atoms with Crippen molar-refractivity contribution in [3.63, 3.8) is 0 Å². The van der Waals surface area contributed by atoms with Gasteiger partial charge in [0.1, 0.15) is 0 Å². The van der Waals surface area contributed by atoms with Crippen LogP contribution in [0.25, 0.3) is 10.9 Å². The van der Waals surface area contributed by atoms with Crippen molar-refractivity contribution in [3.8, 4) is 0 Å². The van der Waals surface area contributed by atoms with Crippen LogP contribution in [0.1, 0.15) is 45.2 Å². The first-order valence-corrected chi connectivity index (χ1v) is 7.39. The van der Waals surface area contributed by atoms with Crippen LogP contribution in [0.5, 0.6) is 0 Å². The Morgan fingerprint density at radius 3 is 2.47 bits per heavy atom. The Morgan fingerprint density at radius 1 is 1.11 bits per heavy atom. The zero-order chi connectivity index (χ0) is 13.5. The van der Waals surface area contributed by atoms with E-state index in [1.807, 2.05) is 0 Å². The van der Waals surface area contributed by atoms with Gasteiger partial charge in [0.05, 0.1) is 0 Å². The van der Waals surface area contributed by atoms with E-state index in [2.05, 4.69) is 61.0 Å². The fraction of sp³-hybridized carbons (Fsp3) is 0.529. The summed E-state index contributed by atoms with van der Waals surface area (Å²) in [6, 6.07) is 11.2. The van der Waals surface area contributed by atoms with Crippen molar-refractivity contribution in [2.45, 2.75) is 45.1 Å². The van der Waals surface area contributed by atoms with E-state index in [1.165, 1.54) is 29.4 Å². The predicted molar refractivity (Wildman–Crippen MR) is 81.8 cm³/mol. The van der Waals surface area contributed by atoms with E-state index in [-0.39, 0.29) is 5.54 Å². The molecule has 0 amide bonds. The van der Waals surface area contributed by atoms with Crippen molar-refractivity contribution in [1.29, 1.82) is 0 Å². The second-order valence-corrected chi connectivity index (χ2v) is 6.66. The lowest BCUT2D eigenvalue weighted by Crippen LogP contribution is -2.30. The third-order valence-corrected chi connectivity index (χ3v) is 4.17. The molecule has 102 valence electrons. The standard InChI is InChI=1S/C17H24N2/c1-17(2,3)19-15-7-5-4-6-14(15)12-16(19)13-8-10-18-11-9-13/h4-7,12-13,18H,8-11H2,1-3H3. The molecule has 3 rings (SSSR count). The Kier molecular flexibility index (Phi) is 3.14. The van der Waals surface area contributed by atoms with Crippen molar-refractivity contribution in [1.82, 2.24) is 9.88 Å². The van der Waals surface area contributed by atoms with Crippen molar-refractivity contribution >= 4 is 10.9 Å². The molecule has 2 heteroatoms. The summed E-state index contributed by atoms with van der Waals surface area (Å²) in [6.07, 6.45) is 2.51. The topological polar surface area (TPSA) is 17.0 Å². The van der Waals surface area contributed by atoms with Crippen molar-refractivity contribution in [2.75, 3.05) is 13.1 Å². The highest BCUT2D eigenvalue weighted by atomic mass is 15.1. The molecule has 0 bridgehead atoms. The summed E-state index contributed by atoms with van der Waals surface area (Å²) in [5, 5.41) is 4.85. The van der Waals surface area contributed by atoms with Crippen molar-refractivity contribution in [3.05, 3.63) is 36.0 Å². The zero-order valence-corrected chi connectivity index (χ0v) is 12.2. The van der Waals surface area contributed by atoms with Crippen LogP contribution in [0.3, 0.4) is 0 Å². The van der Waals surface area contributed by atoms with Gasteiger partial charge >= 0.3 is 0 Å². The van der Waals surface area contributed by atoms with Crippen molar-refractivity contribution in [2.24, 2.45) is 0 Å². The molecule has 1 aromatic carbocycles. The number of benzene rings is 1. The minimum absolute atomic E-state index is 0.142. The molecular weight excluding hydrogens is 232 g/mol. The lowest BCUT2D eigenvalue weighted by molar-refractivity contribution is 0.366. The molecule has 19 heavy (non-hydrogen) atoms. The monoisotopic (exact) mass is 256 g/mol. The molecule has 2 heterocycles. The molecule has 2 nitrogen and oxygen atoms in total. The van der Waals surface area contributed by atoms with Crippen LogP contribution in [0.15, 0.2) is 30.3 Å². The summed E-state index contributed by atoms with van der Waals surface area (Å²) in [4.78, 5) is 0. The van der Waals surface area contributed by atoms with E-state index < -0.39 is 0 Å². The average Bonchev–Trinajstić information content (AvgIpc) is 2.79. The Morgan fingerprint density at radius 2 is 1.79 bits per heavy atom. The molecular formula is C17H24N2. The van der Waals surface area contributed by atoms with Gasteiger partial charge in [0.15, 0.2) is 0 Å². The minimum Gasteiger partial charge on any atom is -0.339 e. The fourth-order valence-corrected chi connectivity index (χ4v) is 3.34. The number of nitrogens with zero attached hydrogens (tertiary/aromatic N) is 1. The summed E-state index contributed by atoms with van der Waals surface area (Å²) in [5.74, 6) is 0.702. The number of para-hydroxylation sites is 1. The number of nitrogens with one attached hydrogen (secondary N) is 1. The van der Waals surface area contributed by atoms with E-state index in [9.17, 15) is 0 Å². The van der Waals surface area contributed by atoms with Gasteiger partial charge in [0, 0.05) is 22.7 Å². The van der Waals surface area contributed by atoms with E-state index in [0.717, 1.165) is 13.1 Å². The summed E-state index contributed by atoms with van der Waals surface area (Å²) >= 11 is 0. The van der Waals surface area contributed by atoms with Crippen LogP contribution in [-0.2, 0) is 5.54 Å². The predicted octanol–water partition coefficient (Wildman–Crippen LogP) is 3.86. The van der Waals surface area contributed by atoms with Crippen LogP contribution in [0.4, 0.5) is 0 Å². The molecule has 1 N–H and O–H groups in total. The summed E-state index contributed by atoms with van der Waals surface area (Å²) in [7, 11) is 0. The third-order valence-electron chi connectivity index (χ3n) is 4.17. The summed E-state index contributed by atoms with van der Waals surface area (Å²) < 4.78 is 2.55. The van der Waals surface area contributed by atoms with Gasteiger partial charge in [-0.1, -0.05) is 18.2 Å². The van der Waals surface area contributed by atoms with Gasteiger partial charge in [-0.2, -0.15) is 0 Å². The van der Waals surface area contributed by atoms with Crippen LogP contribution in [0.2, 0.25) is 0 Å². The van der Waals surface area contributed by atoms with Crippen LogP contribution in [0, 0.1) is 0 Å². The molecule has 1 aromatic heterocycles. The summed E-state index contributed by atoms with van der Waals surface area (Å²) in [5.41, 5.74) is 3.04. The number of rotatable bonds is 1. The molecule has 2 aromatic rings. The second kappa shape index (κ2) is 4.68. The molecule has 1 aliphatic heterocycles. The summed E-state index contributed by atoms with van der Waals surface area (Å²) in [6.45, 7) is 9.23. The number of hydrogen-bond donors (Lipinski definition) is 1. The molecule has 0 aliphatic carbocycles. The maximum atomic E-state index is 3.47. The fourth-order valence-electron chi connectivity index (χ4n) is 3.34. The largest absolute Gasteiger partial charge is 0.339 e. The number of fused-ring (bicyclic) bond motifs is 1. The average molecular weight is 256 g/mol. The van der Waals surface area contributed by atoms with Gasteiger partial charge in [-0.25, -0.2) is 0 Å². The smallest absolute Gasteiger partial charge is 0.0487 e. The minimum atomic E-state index is 0.142. The molecule has 0 unspecified atom stereocenters. The number of aromatic nitrogens is 1. The van der Waals surface area contributed by atoms with Gasteiger partial charge < -0.3 is 9.88 Å². The Bertz CT molecular complexity index is 568. The highest BCUT2D eigenvalue weighted by Gasteiger charge is 2.25.